The fourth-order valence-electron chi connectivity index (χ4n) is 3.08. The van der Waals surface area contributed by atoms with Gasteiger partial charge in [-0.15, -0.1) is 0 Å². The fraction of sp³-hybridized carbons (Fsp3) is 0.105. The van der Waals surface area contributed by atoms with Crippen LogP contribution in [0.2, 0.25) is 0 Å². The van der Waals surface area contributed by atoms with Crippen LogP contribution in [0.1, 0.15) is 17.0 Å². The van der Waals surface area contributed by atoms with Gasteiger partial charge in [-0.3, -0.25) is 0 Å². The number of hydrogen-bond acceptors (Lipinski definition) is 4. The van der Waals surface area contributed by atoms with Gasteiger partial charge in [0.25, 0.3) is 5.89 Å². The lowest BCUT2D eigenvalue weighted by Crippen LogP contribution is -2.09. The summed E-state index contributed by atoms with van der Waals surface area (Å²) < 4.78 is 86.4. The van der Waals surface area contributed by atoms with E-state index in [1.54, 1.807) is 0 Å². The smallest absolute Gasteiger partial charge is 0.340 e. The van der Waals surface area contributed by atoms with Gasteiger partial charge in [-0.25, -0.2) is 13.2 Å². The first-order valence-electron chi connectivity index (χ1n) is 8.25. The van der Waals surface area contributed by atoms with Crippen LogP contribution in [0.15, 0.2) is 41.1 Å². The van der Waals surface area contributed by atoms with Crippen molar-refractivity contribution in [1.82, 2.24) is 14.7 Å². The number of halogens is 6. The minimum atomic E-state index is -4.73. The van der Waals surface area contributed by atoms with Crippen molar-refractivity contribution >= 4 is 10.9 Å². The molecule has 5 nitrogen and oxygen atoms in total. The second-order valence-electron chi connectivity index (χ2n) is 6.24. The Morgan fingerprint density at radius 2 is 1.77 bits per heavy atom. The van der Waals surface area contributed by atoms with Crippen molar-refractivity contribution in [3.8, 4) is 17.5 Å². The van der Waals surface area contributed by atoms with Crippen LogP contribution < -0.4 is 0 Å². The zero-order valence-corrected chi connectivity index (χ0v) is 14.6. The van der Waals surface area contributed by atoms with Crippen molar-refractivity contribution < 1.29 is 30.9 Å². The second-order valence-corrected chi connectivity index (χ2v) is 6.24. The Labute approximate surface area is 163 Å². The minimum Gasteiger partial charge on any atom is -0.340 e. The first-order chi connectivity index (χ1) is 14.2. The van der Waals surface area contributed by atoms with E-state index in [0.29, 0.717) is 12.1 Å². The molecule has 0 atom stereocenters. The molecule has 0 saturated heterocycles. The summed E-state index contributed by atoms with van der Waals surface area (Å²) in [5.41, 5.74) is -1.57. The highest BCUT2D eigenvalue weighted by Crippen LogP contribution is 2.37. The number of rotatable bonds is 3. The molecule has 0 unspecified atom stereocenters. The van der Waals surface area contributed by atoms with Crippen LogP contribution in [0, 0.1) is 28.8 Å². The van der Waals surface area contributed by atoms with Crippen LogP contribution >= 0.6 is 0 Å². The number of fused-ring (bicyclic) bond motifs is 1. The lowest BCUT2D eigenvalue weighted by atomic mass is 10.0. The number of nitriles is 1. The molecule has 4 rings (SSSR count). The maximum Gasteiger partial charge on any atom is 0.418 e. The molecule has 0 aliphatic carbocycles. The van der Waals surface area contributed by atoms with Gasteiger partial charge in [0, 0.05) is 22.7 Å². The van der Waals surface area contributed by atoms with E-state index in [2.05, 4.69) is 10.1 Å². The summed E-state index contributed by atoms with van der Waals surface area (Å²) in [7, 11) is 0. The second kappa shape index (κ2) is 6.91. The van der Waals surface area contributed by atoms with Crippen molar-refractivity contribution in [3.63, 3.8) is 0 Å². The highest BCUT2D eigenvalue weighted by Gasteiger charge is 2.36. The highest BCUT2D eigenvalue weighted by atomic mass is 19.4. The standard InChI is InChI=1S/C19H8F6N4O/c20-12-5-10(6-13(21)17(12)22)18-27-15(28-30-18)8-29-4-3-11-14(29)2-1-9(7-26)16(11)19(23,24)25/h1-6H,8H2. The van der Waals surface area contributed by atoms with E-state index < -0.39 is 34.8 Å². The Bertz CT molecular complexity index is 1290. The molecule has 0 bridgehead atoms. The molecule has 0 N–H and O–H groups in total. The maximum atomic E-state index is 13.4. The zero-order valence-electron chi connectivity index (χ0n) is 14.6. The molecule has 0 spiro atoms. The molecule has 152 valence electrons. The Kier molecular flexibility index (Phi) is 4.49. The van der Waals surface area contributed by atoms with E-state index in [9.17, 15) is 26.3 Å². The van der Waals surface area contributed by atoms with E-state index >= 15 is 0 Å². The number of nitrogens with zero attached hydrogens (tertiary/aromatic N) is 4. The molecule has 0 fully saturated rings. The van der Waals surface area contributed by atoms with Crippen molar-refractivity contribution in [1.29, 1.82) is 5.26 Å². The lowest BCUT2D eigenvalue weighted by molar-refractivity contribution is -0.136. The first kappa shape index (κ1) is 19.5. The van der Waals surface area contributed by atoms with Gasteiger partial charge in [0.1, 0.15) is 0 Å². The Morgan fingerprint density at radius 3 is 2.40 bits per heavy atom. The Balaban J connectivity index is 1.71. The van der Waals surface area contributed by atoms with Gasteiger partial charge in [-0.2, -0.15) is 23.4 Å². The molecule has 4 aromatic rings. The SMILES string of the molecule is N#Cc1ccc2c(ccn2Cc2noc(-c3cc(F)c(F)c(F)c3)n2)c1C(F)(F)F. The van der Waals surface area contributed by atoms with Gasteiger partial charge in [0.15, 0.2) is 23.3 Å². The summed E-state index contributed by atoms with van der Waals surface area (Å²) in [5, 5.41) is 12.5. The van der Waals surface area contributed by atoms with E-state index in [-0.39, 0.29) is 34.7 Å². The molecule has 30 heavy (non-hydrogen) atoms. The van der Waals surface area contributed by atoms with Gasteiger partial charge < -0.3 is 9.09 Å². The lowest BCUT2D eigenvalue weighted by Gasteiger charge is -2.11. The van der Waals surface area contributed by atoms with E-state index in [4.69, 9.17) is 9.78 Å². The van der Waals surface area contributed by atoms with Crippen LogP contribution in [-0.2, 0) is 12.7 Å². The zero-order chi connectivity index (χ0) is 21.6. The van der Waals surface area contributed by atoms with Crippen molar-refractivity contribution in [2.45, 2.75) is 12.7 Å². The Hall–Kier alpha value is -3.81. The number of benzene rings is 2. The van der Waals surface area contributed by atoms with E-state index in [1.165, 1.54) is 29.0 Å². The molecule has 11 heteroatoms. The molecule has 2 aromatic carbocycles. The fourth-order valence-corrected chi connectivity index (χ4v) is 3.08. The molecule has 2 aromatic heterocycles. The number of aromatic nitrogens is 3. The van der Waals surface area contributed by atoms with Crippen LogP contribution in [0.25, 0.3) is 22.4 Å². The number of alkyl halides is 3. The normalized spacial score (nSPS) is 11.8. The third kappa shape index (κ3) is 3.26. The summed E-state index contributed by atoms with van der Waals surface area (Å²) >= 11 is 0. The monoisotopic (exact) mass is 422 g/mol. The van der Waals surface area contributed by atoms with Crippen LogP contribution in [0.3, 0.4) is 0 Å². The summed E-state index contributed by atoms with van der Waals surface area (Å²) in [6.07, 6.45) is -3.37. The highest BCUT2D eigenvalue weighted by molar-refractivity contribution is 5.86. The van der Waals surface area contributed by atoms with E-state index in [0.717, 1.165) is 6.07 Å². The molecule has 0 saturated carbocycles. The molecule has 0 amide bonds. The average Bonchev–Trinajstić information content (AvgIpc) is 3.31. The summed E-state index contributed by atoms with van der Waals surface area (Å²) in [6.45, 7) is -0.123. The number of hydrogen-bond donors (Lipinski definition) is 0. The summed E-state index contributed by atoms with van der Waals surface area (Å²) in [6, 6.07) is 6.52. The topological polar surface area (TPSA) is 67.6 Å². The van der Waals surface area contributed by atoms with Gasteiger partial charge in [0.2, 0.25) is 0 Å². The van der Waals surface area contributed by atoms with Crippen molar-refractivity contribution in [3.05, 3.63) is 70.9 Å². The van der Waals surface area contributed by atoms with Crippen LogP contribution in [0.5, 0.6) is 0 Å². The summed E-state index contributed by atoms with van der Waals surface area (Å²) in [4.78, 5) is 3.95. The van der Waals surface area contributed by atoms with Gasteiger partial charge in [-0.05, 0) is 30.3 Å². The van der Waals surface area contributed by atoms with Crippen molar-refractivity contribution in [2.75, 3.05) is 0 Å². The van der Waals surface area contributed by atoms with Crippen LogP contribution in [0.4, 0.5) is 26.3 Å². The molecule has 2 heterocycles. The predicted molar refractivity (Wildman–Crippen MR) is 90.4 cm³/mol. The van der Waals surface area contributed by atoms with E-state index in [1.807, 2.05) is 0 Å². The third-order valence-corrected chi connectivity index (χ3v) is 4.37. The van der Waals surface area contributed by atoms with Gasteiger partial charge in [-0.1, -0.05) is 5.16 Å². The predicted octanol–water partition coefficient (Wildman–Crippen LogP) is 5.05. The maximum absolute atomic E-state index is 13.4. The quantitative estimate of drug-likeness (QED) is 0.342. The molecular weight excluding hydrogens is 414 g/mol. The Morgan fingerprint density at radius 1 is 1.07 bits per heavy atom. The van der Waals surface area contributed by atoms with Crippen LogP contribution in [-0.4, -0.2) is 14.7 Å². The molecular formula is C19H8F6N4O. The van der Waals surface area contributed by atoms with Gasteiger partial charge >= 0.3 is 6.18 Å². The summed E-state index contributed by atoms with van der Waals surface area (Å²) in [5.74, 6) is -4.80. The van der Waals surface area contributed by atoms with Gasteiger partial charge in [0.05, 0.1) is 23.7 Å². The molecule has 0 radical (unpaired) electrons. The average molecular weight is 422 g/mol. The third-order valence-electron chi connectivity index (χ3n) is 4.37. The minimum absolute atomic E-state index is 0.00515. The molecule has 0 aliphatic rings. The first-order valence-corrected chi connectivity index (χ1v) is 8.25. The largest absolute Gasteiger partial charge is 0.418 e. The molecule has 0 aliphatic heterocycles. The van der Waals surface area contributed by atoms with Crippen molar-refractivity contribution in [2.24, 2.45) is 0 Å².